The van der Waals surface area contributed by atoms with E-state index in [1.54, 1.807) is 36.8 Å². The van der Waals surface area contributed by atoms with Crippen molar-refractivity contribution in [2.45, 2.75) is 0 Å². The zero-order chi connectivity index (χ0) is 18.5. The summed E-state index contributed by atoms with van der Waals surface area (Å²) in [6, 6.07) is 20.1. The Morgan fingerprint density at radius 3 is 2.48 bits per heavy atom. The number of aromatic nitrogens is 3. The molecule has 0 aliphatic carbocycles. The lowest BCUT2D eigenvalue weighted by Gasteiger charge is -2.09. The molecule has 4 rings (SSSR count). The topological polar surface area (TPSA) is 79.9 Å². The number of anilines is 1. The van der Waals surface area contributed by atoms with Crippen LogP contribution in [0.5, 0.6) is 11.6 Å². The Kier molecular flexibility index (Phi) is 4.61. The number of carbonyl (C=O) groups is 1. The molecule has 2 heterocycles. The van der Waals surface area contributed by atoms with Gasteiger partial charge < -0.3 is 15.0 Å². The molecule has 132 valence electrons. The van der Waals surface area contributed by atoms with Gasteiger partial charge in [0.25, 0.3) is 5.91 Å². The number of ether oxygens (including phenoxy) is 1. The van der Waals surface area contributed by atoms with E-state index < -0.39 is 0 Å². The molecule has 0 aliphatic heterocycles. The third-order valence-electron chi connectivity index (χ3n) is 3.88. The summed E-state index contributed by atoms with van der Waals surface area (Å²) < 4.78 is 5.65. The fraction of sp³-hybridized carbons (Fsp3) is 0. The number of nitrogens with zero attached hydrogens (tertiary/aromatic N) is 2. The van der Waals surface area contributed by atoms with E-state index in [9.17, 15) is 4.79 Å². The zero-order valence-electron chi connectivity index (χ0n) is 14.3. The van der Waals surface area contributed by atoms with Crippen LogP contribution in [0.3, 0.4) is 0 Å². The predicted octanol–water partition coefficient (Wildman–Crippen LogP) is 4.52. The molecule has 1 amide bonds. The van der Waals surface area contributed by atoms with Crippen molar-refractivity contribution in [1.29, 1.82) is 0 Å². The Hall–Kier alpha value is -3.93. The van der Waals surface area contributed by atoms with Gasteiger partial charge in [0.15, 0.2) is 0 Å². The van der Waals surface area contributed by atoms with Crippen molar-refractivity contribution in [2.24, 2.45) is 0 Å². The van der Waals surface area contributed by atoms with Crippen LogP contribution in [0.1, 0.15) is 10.4 Å². The molecular formula is C21H16N4O2. The summed E-state index contributed by atoms with van der Waals surface area (Å²) in [7, 11) is 0. The monoisotopic (exact) mass is 356 g/mol. The molecule has 0 saturated carbocycles. The van der Waals surface area contributed by atoms with Gasteiger partial charge in [-0.15, -0.1) is 0 Å². The number of imidazole rings is 1. The Balaban J connectivity index is 1.49. The highest BCUT2D eigenvalue weighted by Crippen LogP contribution is 2.23. The highest BCUT2D eigenvalue weighted by molar-refractivity contribution is 6.08. The Morgan fingerprint density at radius 1 is 0.926 bits per heavy atom. The first-order valence-corrected chi connectivity index (χ1v) is 8.39. The smallest absolute Gasteiger partial charge is 0.256 e. The Bertz CT molecular complexity index is 1030. The van der Waals surface area contributed by atoms with Crippen LogP contribution >= 0.6 is 0 Å². The third kappa shape index (κ3) is 3.85. The summed E-state index contributed by atoms with van der Waals surface area (Å²) in [6.07, 6.45) is 4.93. The van der Waals surface area contributed by atoms with Crippen LogP contribution in [0.2, 0.25) is 0 Å². The molecule has 27 heavy (non-hydrogen) atoms. The Labute approximate surface area is 155 Å². The van der Waals surface area contributed by atoms with Crippen molar-refractivity contribution >= 4 is 11.6 Å². The molecule has 0 bridgehead atoms. The van der Waals surface area contributed by atoms with Gasteiger partial charge >= 0.3 is 0 Å². The van der Waals surface area contributed by atoms with E-state index in [4.69, 9.17) is 4.74 Å². The summed E-state index contributed by atoms with van der Waals surface area (Å²) in [5.41, 5.74) is 1.84. The first-order valence-electron chi connectivity index (χ1n) is 8.39. The number of hydrogen-bond acceptors (Lipinski definition) is 4. The van der Waals surface area contributed by atoms with Crippen LogP contribution in [0.25, 0.3) is 11.4 Å². The van der Waals surface area contributed by atoms with Crippen molar-refractivity contribution in [3.8, 4) is 23.0 Å². The van der Waals surface area contributed by atoms with Gasteiger partial charge in [-0.2, -0.15) is 0 Å². The predicted molar refractivity (Wildman–Crippen MR) is 103 cm³/mol. The standard InChI is InChI=1S/C21H16N4O2/c26-21(18-9-5-4-8-17(18)20-22-12-13-23-20)25-15-10-11-19(24-14-15)27-16-6-2-1-3-7-16/h1-14H,(H,22,23)(H,25,26). The van der Waals surface area contributed by atoms with Gasteiger partial charge in [0.2, 0.25) is 5.88 Å². The van der Waals surface area contributed by atoms with Crippen molar-refractivity contribution in [1.82, 2.24) is 15.0 Å². The second-order valence-corrected chi connectivity index (χ2v) is 5.74. The molecule has 2 N–H and O–H groups in total. The molecule has 0 atom stereocenters. The number of pyridine rings is 1. The number of amides is 1. The summed E-state index contributed by atoms with van der Waals surface area (Å²) in [4.78, 5) is 24.2. The lowest BCUT2D eigenvalue weighted by atomic mass is 10.1. The van der Waals surface area contributed by atoms with Gasteiger partial charge in [-0.25, -0.2) is 9.97 Å². The largest absolute Gasteiger partial charge is 0.439 e. The molecule has 0 saturated heterocycles. The number of benzene rings is 2. The van der Waals surface area contributed by atoms with Crippen LogP contribution < -0.4 is 10.1 Å². The fourth-order valence-corrected chi connectivity index (χ4v) is 2.62. The molecule has 4 aromatic rings. The van der Waals surface area contributed by atoms with Gasteiger partial charge in [0.1, 0.15) is 11.6 Å². The highest BCUT2D eigenvalue weighted by atomic mass is 16.5. The third-order valence-corrected chi connectivity index (χ3v) is 3.88. The maximum Gasteiger partial charge on any atom is 0.256 e. The van der Waals surface area contributed by atoms with Gasteiger partial charge in [-0.1, -0.05) is 36.4 Å². The highest BCUT2D eigenvalue weighted by Gasteiger charge is 2.14. The van der Waals surface area contributed by atoms with E-state index in [0.29, 0.717) is 28.7 Å². The molecule has 6 nitrogen and oxygen atoms in total. The minimum atomic E-state index is -0.236. The van der Waals surface area contributed by atoms with Gasteiger partial charge in [-0.3, -0.25) is 4.79 Å². The van der Waals surface area contributed by atoms with E-state index >= 15 is 0 Å². The second kappa shape index (κ2) is 7.53. The molecule has 0 spiro atoms. The number of nitrogens with one attached hydrogen (secondary N) is 2. The lowest BCUT2D eigenvalue weighted by Crippen LogP contribution is -2.13. The summed E-state index contributed by atoms with van der Waals surface area (Å²) in [5.74, 6) is 1.57. The van der Waals surface area contributed by atoms with Crippen molar-refractivity contribution < 1.29 is 9.53 Å². The number of rotatable bonds is 5. The number of carbonyl (C=O) groups excluding carboxylic acids is 1. The van der Waals surface area contributed by atoms with Crippen molar-refractivity contribution in [3.63, 3.8) is 0 Å². The maximum absolute atomic E-state index is 12.7. The van der Waals surface area contributed by atoms with Crippen LogP contribution in [-0.2, 0) is 0 Å². The van der Waals surface area contributed by atoms with Crippen LogP contribution in [-0.4, -0.2) is 20.9 Å². The summed E-state index contributed by atoms with van der Waals surface area (Å²) in [5, 5.41) is 2.85. The maximum atomic E-state index is 12.7. The van der Waals surface area contributed by atoms with Crippen LogP contribution in [0, 0.1) is 0 Å². The second-order valence-electron chi connectivity index (χ2n) is 5.74. The number of para-hydroxylation sites is 1. The SMILES string of the molecule is O=C(Nc1ccc(Oc2ccccc2)nc1)c1ccccc1-c1ncc[nH]1. The van der Waals surface area contributed by atoms with E-state index in [1.165, 1.54) is 0 Å². The molecule has 0 unspecified atom stereocenters. The molecule has 2 aromatic carbocycles. The normalized spacial score (nSPS) is 10.4. The molecule has 6 heteroatoms. The van der Waals surface area contributed by atoms with E-state index in [-0.39, 0.29) is 5.91 Å². The summed E-state index contributed by atoms with van der Waals surface area (Å²) >= 11 is 0. The van der Waals surface area contributed by atoms with Crippen molar-refractivity contribution in [3.05, 3.63) is 90.9 Å². The van der Waals surface area contributed by atoms with Gasteiger partial charge in [0.05, 0.1) is 17.4 Å². The van der Waals surface area contributed by atoms with Gasteiger partial charge in [0, 0.05) is 24.0 Å². The molecular weight excluding hydrogens is 340 g/mol. The molecule has 0 fully saturated rings. The van der Waals surface area contributed by atoms with Crippen LogP contribution in [0.15, 0.2) is 85.3 Å². The molecule has 2 aromatic heterocycles. The minimum absolute atomic E-state index is 0.236. The number of H-pyrrole nitrogens is 1. The minimum Gasteiger partial charge on any atom is -0.439 e. The van der Waals surface area contributed by atoms with E-state index in [1.807, 2.05) is 48.5 Å². The number of hydrogen-bond donors (Lipinski definition) is 2. The van der Waals surface area contributed by atoms with Crippen molar-refractivity contribution in [2.75, 3.05) is 5.32 Å². The fourth-order valence-electron chi connectivity index (χ4n) is 2.62. The molecule has 0 radical (unpaired) electrons. The Morgan fingerprint density at radius 2 is 1.74 bits per heavy atom. The van der Waals surface area contributed by atoms with Gasteiger partial charge in [-0.05, 0) is 24.3 Å². The zero-order valence-corrected chi connectivity index (χ0v) is 14.3. The molecule has 0 aliphatic rings. The summed E-state index contributed by atoms with van der Waals surface area (Å²) in [6.45, 7) is 0. The van der Waals surface area contributed by atoms with Crippen LogP contribution in [0.4, 0.5) is 5.69 Å². The quantitative estimate of drug-likeness (QED) is 0.551. The van der Waals surface area contributed by atoms with E-state index in [0.717, 1.165) is 5.56 Å². The first-order chi connectivity index (χ1) is 13.3. The number of aromatic amines is 1. The van der Waals surface area contributed by atoms with E-state index in [2.05, 4.69) is 20.3 Å². The average molecular weight is 356 g/mol. The first kappa shape index (κ1) is 16.5. The lowest BCUT2D eigenvalue weighted by molar-refractivity contribution is 0.102. The average Bonchev–Trinajstić information content (AvgIpc) is 3.25.